The van der Waals surface area contributed by atoms with Gasteiger partial charge in [0.15, 0.2) is 0 Å². The second kappa shape index (κ2) is 7.01. The van der Waals surface area contributed by atoms with Gasteiger partial charge in [0.25, 0.3) is 0 Å². The largest absolute Gasteiger partial charge is 0.341 e. The summed E-state index contributed by atoms with van der Waals surface area (Å²) in [6, 6.07) is 12.5. The highest BCUT2D eigenvalue weighted by Crippen LogP contribution is 2.41. The lowest BCUT2D eigenvalue weighted by Gasteiger charge is -2.17. The number of nitrogens with one attached hydrogen (secondary N) is 1. The van der Waals surface area contributed by atoms with E-state index in [2.05, 4.69) is 5.32 Å². The lowest BCUT2D eigenvalue weighted by Crippen LogP contribution is -2.29. The fourth-order valence-electron chi connectivity index (χ4n) is 2.79. The van der Waals surface area contributed by atoms with E-state index in [-0.39, 0.29) is 11.6 Å². The first-order valence-electron chi connectivity index (χ1n) is 8.00. The number of nitrogens with zero attached hydrogens (tertiary/aromatic N) is 1. The molecule has 0 saturated heterocycles. The van der Waals surface area contributed by atoms with E-state index in [4.69, 9.17) is 0 Å². The molecule has 0 aromatic heterocycles. The molecule has 2 unspecified atom stereocenters. The first-order valence-corrected chi connectivity index (χ1v) is 8.00. The van der Waals surface area contributed by atoms with Crippen molar-refractivity contribution in [3.05, 3.63) is 65.7 Å². The Balaban J connectivity index is 1.56. The first-order chi connectivity index (χ1) is 12.0. The normalized spacial score (nSPS) is 18.5. The summed E-state index contributed by atoms with van der Waals surface area (Å²) in [6.45, 7) is 0.469. The summed E-state index contributed by atoms with van der Waals surface area (Å²) in [7, 11) is 1.70. The van der Waals surface area contributed by atoms with Crippen LogP contribution in [0.2, 0.25) is 0 Å². The zero-order valence-corrected chi connectivity index (χ0v) is 13.7. The van der Waals surface area contributed by atoms with Crippen LogP contribution < -0.4 is 5.32 Å². The molecule has 1 saturated carbocycles. The van der Waals surface area contributed by atoms with Crippen molar-refractivity contribution in [3.8, 4) is 0 Å². The molecular formula is C19H18F2N2O2. The number of halogens is 2. The van der Waals surface area contributed by atoms with Gasteiger partial charge >= 0.3 is 0 Å². The van der Waals surface area contributed by atoms with Crippen LogP contribution in [0.1, 0.15) is 12.0 Å². The van der Waals surface area contributed by atoms with Crippen LogP contribution in [0.5, 0.6) is 0 Å². The van der Waals surface area contributed by atoms with Gasteiger partial charge in [0.1, 0.15) is 11.6 Å². The van der Waals surface area contributed by atoms with Crippen LogP contribution in [-0.4, -0.2) is 23.8 Å². The number of hydrogen-bond donors (Lipinski definition) is 1. The maximum absolute atomic E-state index is 13.6. The molecule has 1 aliphatic carbocycles. The minimum Gasteiger partial charge on any atom is -0.341 e. The van der Waals surface area contributed by atoms with Crippen LogP contribution in [0.4, 0.5) is 14.5 Å². The summed E-state index contributed by atoms with van der Waals surface area (Å²) in [5.74, 6) is -2.94. The Hall–Kier alpha value is -2.76. The molecule has 2 aromatic carbocycles. The van der Waals surface area contributed by atoms with Crippen molar-refractivity contribution in [2.45, 2.75) is 13.0 Å². The number of amides is 2. The number of rotatable bonds is 5. The second-order valence-electron chi connectivity index (χ2n) is 6.24. The zero-order chi connectivity index (χ0) is 18.0. The van der Waals surface area contributed by atoms with Crippen LogP contribution in [-0.2, 0) is 16.1 Å². The predicted molar refractivity (Wildman–Crippen MR) is 89.5 cm³/mol. The van der Waals surface area contributed by atoms with Gasteiger partial charge in [-0.1, -0.05) is 30.3 Å². The van der Waals surface area contributed by atoms with Crippen LogP contribution in [0.15, 0.2) is 48.5 Å². The van der Waals surface area contributed by atoms with Crippen molar-refractivity contribution in [1.82, 2.24) is 4.90 Å². The monoisotopic (exact) mass is 344 g/mol. The van der Waals surface area contributed by atoms with E-state index in [9.17, 15) is 18.4 Å². The molecule has 2 aromatic rings. The minimum absolute atomic E-state index is 0.0814. The van der Waals surface area contributed by atoms with Crippen molar-refractivity contribution in [2.75, 3.05) is 12.4 Å². The molecule has 1 N–H and O–H groups in total. The van der Waals surface area contributed by atoms with Crippen LogP contribution in [0.25, 0.3) is 0 Å². The smallest absolute Gasteiger partial charge is 0.228 e. The standard InChI is InChI=1S/C19H18F2N2O2/c1-23(11-12-5-3-2-4-6-12)19(25)15-10-14(15)18(24)22-17-8-7-13(20)9-16(17)21/h2-9,14-15H,10-11H2,1H3,(H,22,24). The molecule has 6 heteroatoms. The predicted octanol–water partition coefficient (Wildman–Crippen LogP) is 3.20. The van der Waals surface area contributed by atoms with Crippen LogP contribution in [0, 0.1) is 23.5 Å². The zero-order valence-electron chi connectivity index (χ0n) is 13.7. The summed E-state index contributed by atoms with van der Waals surface area (Å²) in [6.07, 6.45) is 0.437. The van der Waals surface area contributed by atoms with E-state index < -0.39 is 29.4 Å². The van der Waals surface area contributed by atoms with Gasteiger partial charge in [-0.05, 0) is 24.1 Å². The Kier molecular flexibility index (Phi) is 4.79. The molecule has 1 aliphatic rings. The summed E-state index contributed by atoms with van der Waals surface area (Å²) in [4.78, 5) is 26.2. The van der Waals surface area contributed by atoms with Gasteiger partial charge in [-0.3, -0.25) is 9.59 Å². The highest BCUT2D eigenvalue weighted by molar-refractivity contribution is 5.99. The number of carbonyl (C=O) groups excluding carboxylic acids is 2. The van der Waals surface area contributed by atoms with Crippen LogP contribution in [0.3, 0.4) is 0 Å². The molecule has 130 valence electrons. The number of hydrogen-bond acceptors (Lipinski definition) is 2. The van der Waals surface area contributed by atoms with Crippen molar-refractivity contribution in [2.24, 2.45) is 11.8 Å². The maximum Gasteiger partial charge on any atom is 0.228 e. The average molecular weight is 344 g/mol. The van der Waals surface area contributed by atoms with E-state index in [0.29, 0.717) is 19.0 Å². The summed E-state index contributed by atoms with van der Waals surface area (Å²) in [5.41, 5.74) is 0.926. The highest BCUT2D eigenvalue weighted by atomic mass is 19.1. The van der Waals surface area contributed by atoms with Crippen LogP contribution >= 0.6 is 0 Å². The van der Waals surface area contributed by atoms with Gasteiger partial charge in [-0.15, -0.1) is 0 Å². The molecule has 25 heavy (non-hydrogen) atoms. The number of carbonyl (C=O) groups is 2. The Morgan fingerprint density at radius 3 is 2.52 bits per heavy atom. The average Bonchev–Trinajstić information content (AvgIpc) is 3.38. The Morgan fingerprint density at radius 2 is 1.84 bits per heavy atom. The highest BCUT2D eigenvalue weighted by Gasteiger charge is 2.49. The quantitative estimate of drug-likeness (QED) is 0.906. The molecule has 0 bridgehead atoms. The fourth-order valence-corrected chi connectivity index (χ4v) is 2.79. The third kappa shape index (κ3) is 4.02. The molecule has 0 heterocycles. The SMILES string of the molecule is CN(Cc1ccccc1)C(=O)C1CC1C(=O)Nc1ccc(F)cc1F. The third-order valence-electron chi connectivity index (χ3n) is 4.27. The first kappa shape index (κ1) is 17.1. The molecule has 0 aliphatic heterocycles. The van der Waals surface area contributed by atoms with E-state index in [1.54, 1.807) is 11.9 Å². The summed E-state index contributed by atoms with van der Waals surface area (Å²) in [5, 5.41) is 2.42. The molecule has 3 rings (SSSR count). The molecule has 2 amide bonds. The van der Waals surface area contributed by atoms with Gasteiger partial charge < -0.3 is 10.2 Å². The molecule has 0 radical (unpaired) electrons. The van der Waals surface area contributed by atoms with Crippen molar-refractivity contribution >= 4 is 17.5 Å². The van der Waals surface area contributed by atoms with Gasteiger partial charge in [0, 0.05) is 19.7 Å². The molecule has 4 nitrogen and oxygen atoms in total. The number of benzene rings is 2. The van der Waals surface area contributed by atoms with E-state index in [1.807, 2.05) is 30.3 Å². The topological polar surface area (TPSA) is 49.4 Å². The van der Waals surface area contributed by atoms with Crippen molar-refractivity contribution in [3.63, 3.8) is 0 Å². The van der Waals surface area contributed by atoms with E-state index in [0.717, 1.165) is 11.6 Å². The maximum atomic E-state index is 13.6. The van der Waals surface area contributed by atoms with E-state index in [1.165, 1.54) is 6.07 Å². The Bertz CT molecular complexity index is 795. The molecule has 1 fully saturated rings. The van der Waals surface area contributed by atoms with E-state index >= 15 is 0 Å². The number of anilines is 1. The molecule has 2 atom stereocenters. The fraction of sp³-hybridized carbons (Fsp3) is 0.263. The van der Waals surface area contributed by atoms with Crippen molar-refractivity contribution < 1.29 is 18.4 Å². The molecular weight excluding hydrogens is 326 g/mol. The van der Waals surface area contributed by atoms with Gasteiger partial charge in [0.2, 0.25) is 11.8 Å². The van der Waals surface area contributed by atoms with Gasteiger partial charge in [-0.2, -0.15) is 0 Å². The van der Waals surface area contributed by atoms with Gasteiger partial charge in [0.05, 0.1) is 17.5 Å². The second-order valence-corrected chi connectivity index (χ2v) is 6.24. The summed E-state index contributed by atoms with van der Waals surface area (Å²) >= 11 is 0. The Labute approximate surface area is 144 Å². The summed E-state index contributed by atoms with van der Waals surface area (Å²) < 4.78 is 26.5. The Morgan fingerprint density at radius 1 is 1.12 bits per heavy atom. The third-order valence-corrected chi connectivity index (χ3v) is 4.27. The lowest BCUT2D eigenvalue weighted by atomic mass is 10.2. The lowest BCUT2D eigenvalue weighted by molar-refractivity contribution is -0.133. The van der Waals surface area contributed by atoms with Crippen molar-refractivity contribution in [1.29, 1.82) is 0 Å². The van der Waals surface area contributed by atoms with Gasteiger partial charge in [-0.25, -0.2) is 8.78 Å². The minimum atomic E-state index is -0.835. The molecule has 0 spiro atoms.